The van der Waals surface area contributed by atoms with Crippen LogP contribution in [0.5, 0.6) is 11.5 Å². The number of aromatic hydroxyl groups is 1. The fraction of sp³-hybridized carbons (Fsp3) is 0.333. The highest BCUT2D eigenvalue weighted by Crippen LogP contribution is 2.15. The molecule has 1 N–H and O–H groups in total. The molecule has 0 saturated carbocycles. The molecule has 0 saturated heterocycles. The third-order valence-corrected chi connectivity index (χ3v) is 1.02. The summed E-state index contributed by atoms with van der Waals surface area (Å²) in [5, 5.41) is 8.83. The Kier molecular flexibility index (Phi) is 5.83. The summed E-state index contributed by atoms with van der Waals surface area (Å²) in [4.78, 5) is 9.04. The number of phenols is 1. The molecule has 0 aliphatic rings. The highest BCUT2D eigenvalue weighted by atomic mass is 17.2. The van der Waals surface area contributed by atoms with Crippen LogP contribution in [0, 0.1) is 0 Å². The van der Waals surface area contributed by atoms with Crippen LogP contribution in [0.4, 0.5) is 0 Å². The third-order valence-electron chi connectivity index (χ3n) is 1.02. The molecule has 0 unspecified atom stereocenters. The molecule has 0 bridgehead atoms. The van der Waals surface area contributed by atoms with Crippen LogP contribution in [0.25, 0.3) is 0 Å². The first-order valence-corrected chi connectivity index (χ1v) is 3.82. The summed E-state index contributed by atoms with van der Waals surface area (Å²) >= 11 is 0. The molecule has 1 rings (SSSR count). The molecule has 12 heavy (non-hydrogen) atoms. The Morgan fingerprint density at radius 1 is 1.08 bits per heavy atom. The first-order valence-electron chi connectivity index (χ1n) is 3.82. The van der Waals surface area contributed by atoms with Crippen LogP contribution in [0.2, 0.25) is 0 Å². The maximum absolute atomic E-state index is 8.83. The minimum Gasteiger partial charge on any atom is -0.508 e. The van der Waals surface area contributed by atoms with E-state index >= 15 is 0 Å². The van der Waals surface area contributed by atoms with Gasteiger partial charge in [-0.25, -0.2) is 0 Å². The topological polar surface area (TPSA) is 38.7 Å². The Hall–Kier alpha value is -1.22. The van der Waals surface area contributed by atoms with E-state index in [1.54, 1.807) is 12.1 Å². The Labute approximate surface area is 72.5 Å². The molecule has 3 heteroatoms. The lowest BCUT2D eigenvalue weighted by molar-refractivity contribution is -0.178. The summed E-state index contributed by atoms with van der Waals surface area (Å²) < 4.78 is 0. The summed E-state index contributed by atoms with van der Waals surface area (Å²) in [7, 11) is 1.42. The fourth-order valence-electron chi connectivity index (χ4n) is 0.598. The summed E-state index contributed by atoms with van der Waals surface area (Å²) in [6.45, 7) is 4.00. The minimum absolute atomic E-state index is 0.212. The minimum atomic E-state index is 0.212. The van der Waals surface area contributed by atoms with Gasteiger partial charge in [-0.15, -0.1) is 0 Å². The molecular weight excluding hydrogens is 156 g/mol. The zero-order valence-electron chi connectivity index (χ0n) is 7.57. The smallest absolute Gasteiger partial charge is 0.165 e. The fourth-order valence-corrected chi connectivity index (χ4v) is 0.598. The molecule has 0 atom stereocenters. The van der Waals surface area contributed by atoms with E-state index in [2.05, 4.69) is 9.78 Å². The average molecular weight is 170 g/mol. The lowest BCUT2D eigenvalue weighted by Crippen LogP contribution is -1.88. The molecule has 0 radical (unpaired) electrons. The standard InChI is InChI=1S/C7H8O3.C2H6/c1-9-10-7-4-2-6(8)3-5-7;1-2/h2-5,8H,1H3;1-2H3. The monoisotopic (exact) mass is 170 g/mol. The van der Waals surface area contributed by atoms with Crippen molar-refractivity contribution < 1.29 is 14.9 Å². The Balaban J connectivity index is 0.000000561. The summed E-state index contributed by atoms with van der Waals surface area (Å²) in [6, 6.07) is 6.26. The van der Waals surface area contributed by atoms with Gasteiger partial charge in [-0.2, -0.15) is 4.89 Å². The predicted octanol–water partition coefficient (Wildman–Crippen LogP) is 2.36. The molecule has 68 valence electrons. The number of benzene rings is 1. The molecule has 3 nitrogen and oxygen atoms in total. The van der Waals surface area contributed by atoms with Gasteiger partial charge < -0.3 is 9.99 Å². The molecule has 1 aromatic rings. The molecular formula is C9H14O3. The van der Waals surface area contributed by atoms with E-state index in [0.29, 0.717) is 5.75 Å². The number of phenolic OH excluding ortho intramolecular Hbond substituents is 1. The van der Waals surface area contributed by atoms with Crippen LogP contribution in [-0.4, -0.2) is 12.2 Å². The second-order valence-electron chi connectivity index (χ2n) is 1.74. The molecule has 0 fully saturated rings. The van der Waals surface area contributed by atoms with Crippen LogP contribution in [0.15, 0.2) is 24.3 Å². The van der Waals surface area contributed by atoms with Gasteiger partial charge in [0, 0.05) is 0 Å². The van der Waals surface area contributed by atoms with Gasteiger partial charge in [0.1, 0.15) is 5.75 Å². The Morgan fingerprint density at radius 3 is 2.00 bits per heavy atom. The van der Waals surface area contributed by atoms with Gasteiger partial charge in [0.15, 0.2) is 5.75 Å². The number of hydrogen-bond donors (Lipinski definition) is 1. The summed E-state index contributed by atoms with van der Waals surface area (Å²) in [5.74, 6) is 0.781. The van der Waals surface area contributed by atoms with Gasteiger partial charge in [0.25, 0.3) is 0 Å². The van der Waals surface area contributed by atoms with E-state index in [0.717, 1.165) is 0 Å². The molecule has 1 aromatic carbocycles. The van der Waals surface area contributed by atoms with E-state index in [1.807, 2.05) is 13.8 Å². The molecule has 0 aliphatic carbocycles. The molecule has 0 spiro atoms. The van der Waals surface area contributed by atoms with Crippen molar-refractivity contribution in [3.63, 3.8) is 0 Å². The molecule has 0 aromatic heterocycles. The highest BCUT2D eigenvalue weighted by molar-refractivity contribution is 5.29. The zero-order chi connectivity index (χ0) is 9.40. The van der Waals surface area contributed by atoms with Crippen LogP contribution >= 0.6 is 0 Å². The van der Waals surface area contributed by atoms with Gasteiger partial charge in [0.2, 0.25) is 0 Å². The van der Waals surface area contributed by atoms with Crippen molar-refractivity contribution in [1.29, 1.82) is 0 Å². The third kappa shape index (κ3) is 3.83. The summed E-state index contributed by atoms with van der Waals surface area (Å²) in [6.07, 6.45) is 0. The van der Waals surface area contributed by atoms with Crippen LogP contribution in [0.3, 0.4) is 0 Å². The maximum Gasteiger partial charge on any atom is 0.165 e. The lowest BCUT2D eigenvalue weighted by Gasteiger charge is -1.98. The lowest BCUT2D eigenvalue weighted by atomic mass is 10.3. The average Bonchev–Trinajstić information content (AvgIpc) is 2.13. The number of hydrogen-bond acceptors (Lipinski definition) is 3. The van der Waals surface area contributed by atoms with Crippen LogP contribution < -0.4 is 4.89 Å². The van der Waals surface area contributed by atoms with Gasteiger partial charge in [0.05, 0.1) is 7.11 Å². The van der Waals surface area contributed by atoms with Crippen LogP contribution in [0.1, 0.15) is 13.8 Å². The van der Waals surface area contributed by atoms with E-state index in [-0.39, 0.29) is 5.75 Å². The van der Waals surface area contributed by atoms with E-state index in [9.17, 15) is 0 Å². The van der Waals surface area contributed by atoms with Crippen molar-refractivity contribution in [3.05, 3.63) is 24.3 Å². The summed E-state index contributed by atoms with van der Waals surface area (Å²) in [5.41, 5.74) is 0. The maximum atomic E-state index is 8.83. The van der Waals surface area contributed by atoms with E-state index in [1.165, 1.54) is 19.2 Å². The van der Waals surface area contributed by atoms with E-state index < -0.39 is 0 Å². The van der Waals surface area contributed by atoms with Crippen molar-refractivity contribution in [3.8, 4) is 11.5 Å². The van der Waals surface area contributed by atoms with Gasteiger partial charge in [-0.05, 0) is 24.3 Å². The van der Waals surface area contributed by atoms with Gasteiger partial charge >= 0.3 is 0 Å². The Morgan fingerprint density at radius 2 is 1.58 bits per heavy atom. The van der Waals surface area contributed by atoms with Crippen molar-refractivity contribution in [2.75, 3.05) is 7.11 Å². The van der Waals surface area contributed by atoms with Crippen molar-refractivity contribution in [2.24, 2.45) is 0 Å². The zero-order valence-corrected chi connectivity index (χ0v) is 7.57. The molecule has 0 heterocycles. The van der Waals surface area contributed by atoms with Crippen molar-refractivity contribution in [2.45, 2.75) is 13.8 Å². The largest absolute Gasteiger partial charge is 0.508 e. The quantitative estimate of drug-likeness (QED) is 0.547. The van der Waals surface area contributed by atoms with Gasteiger partial charge in [-0.1, -0.05) is 13.8 Å². The van der Waals surface area contributed by atoms with Gasteiger partial charge in [-0.3, -0.25) is 0 Å². The SMILES string of the molecule is CC.COOc1ccc(O)cc1. The van der Waals surface area contributed by atoms with Crippen LogP contribution in [-0.2, 0) is 4.89 Å². The van der Waals surface area contributed by atoms with Crippen molar-refractivity contribution in [1.82, 2.24) is 0 Å². The molecule has 0 amide bonds. The van der Waals surface area contributed by atoms with Crippen molar-refractivity contribution >= 4 is 0 Å². The predicted molar refractivity (Wildman–Crippen MR) is 47.1 cm³/mol. The number of rotatable bonds is 2. The first-order chi connectivity index (χ1) is 5.83. The second-order valence-corrected chi connectivity index (χ2v) is 1.74. The second kappa shape index (κ2) is 6.49. The first kappa shape index (κ1) is 10.8. The normalized spacial score (nSPS) is 8.25. The Bertz CT molecular complexity index is 193. The van der Waals surface area contributed by atoms with E-state index in [4.69, 9.17) is 5.11 Å². The molecule has 0 aliphatic heterocycles. The highest BCUT2D eigenvalue weighted by Gasteiger charge is 1.91.